The number of carbonyl (C=O) groups excluding carboxylic acids is 2. The van der Waals surface area contributed by atoms with Crippen LogP contribution in [0.15, 0.2) is 9.59 Å². The summed E-state index contributed by atoms with van der Waals surface area (Å²) >= 11 is 0. The Hall–Kier alpha value is -2.78. The van der Waals surface area contributed by atoms with Crippen LogP contribution in [0.2, 0.25) is 0 Å². The van der Waals surface area contributed by atoms with Gasteiger partial charge in [0.1, 0.15) is 11.5 Å². The van der Waals surface area contributed by atoms with Crippen molar-refractivity contribution in [3.8, 4) is 0 Å². The van der Waals surface area contributed by atoms with Gasteiger partial charge in [-0.15, -0.1) is 0 Å². The van der Waals surface area contributed by atoms with Gasteiger partial charge in [0.25, 0.3) is 5.56 Å². The highest BCUT2D eigenvalue weighted by Crippen LogP contribution is 2.19. The quantitative estimate of drug-likeness (QED) is 0.429. The van der Waals surface area contributed by atoms with E-state index in [-0.39, 0.29) is 24.1 Å². The Bertz CT molecular complexity index is 885. The van der Waals surface area contributed by atoms with Crippen molar-refractivity contribution in [1.82, 2.24) is 20.2 Å². The molecule has 0 saturated heterocycles. The van der Waals surface area contributed by atoms with E-state index >= 15 is 0 Å². The Kier molecular flexibility index (Phi) is 9.80. The van der Waals surface area contributed by atoms with Gasteiger partial charge in [0.05, 0.1) is 6.54 Å². The molecule has 1 saturated carbocycles. The largest absolute Gasteiger partial charge is 0.383 e. The predicted molar refractivity (Wildman–Crippen MR) is 126 cm³/mol. The molecule has 5 N–H and O–H groups in total. The molecule has 0 atom stereocenters. The van der Waals surface area contributed by atoms with Crippen molar-refractivity contribution in [1.29, 1.82) is 0 Å². The number of rotatable bonds is 10. The predicted octanol–water partition coefficient (Wildman–Crippen LogP) is 1.93. The second kappa shape index (κ2) is 12.3. The molecule has 180 valence electrons. The van der Waals surface area contributed by atoms with Crippen molar-refractivity contribution < 1.29 is 9.59 Å². The molecule has 1 aromatic rings. The van der Waals surface area contributed by atoms with Crippen LogP contribution in [0.4, 0.5) is 16.3 Å². The number of aromatic amines is 1. The number of urea groups is 1. The lowest BCUT2D eigenvalue weighted by molar-refractivity contribution is -0.118. The van der Waals surface area contributed by atoms with E-state index in [4.69, 9.17) is 5.73 Å². The number of nitrogens with two attached hydrogens (primary N) is 1. The second-order valence-electron chi connectivity index (χ2n) is 8.96. The Morgan fingerprint density at radius 1 is 1.22 bits per heavy atom. The van der Waals surface area contributed by atoms with Crippen molar-refractivity contribution in [3.63, 3.8) is 0 Å². The fourth-order valence-electron chi connectivity index (χ4n) is 3.91. The number of hydrogen-bond acceptors (Lipinski definition) is 6. The van der Waals surface area contributed by atoms with Crippen LogP contribution >= 0.6 is 0 Å². The summed E-state index contributed by atoms with van der Waals surface area (Å²) in [4.78, 5) is 53.6. The molecule has 0 aliphatic heterocycles. The third-order valence-electron chi connectivity index (χ3n) is 5.77. The zero-order valence-corrected chi connectivity index (χ0v) is 19.5. The van der Waals surface area contributed by atoms with Gasteiger partial charge in [-0.25, -0.2) is 9.59 Å². The van der Waals surface area contributed by atoms with Crippen LogP contribution in [0.1, 0.15) is 72.1 Å². The first-order valence-corrected chi connectivity index (χ1v) is 11.7. The number of nitrogens with one attached hydrogen (secondary N) is 3. The van der Waals surface area contributed by atoms with Crippen LogP contribution < -0.4 is 32.5 Å². The molecule has 0 aromatic carbocycles. The van der Waals surface area contributed by atoms with Crippen molar-refractivity contribution in [2.24, 2.45) is 5.92 Å². The first-order valence-electron chi connectivity index (χ1n) is 11.7. The maximum Gasteiger partial charge on any atom is 0.330 e. The van der Waals surface area contributed by atoms with Gasteiger partial charge in [0, 0.05) is 19.1 Å². The van der Waals surface area contributed by atoms with Crippen molar-refractivity contribution >= 4 is 23.4 Å². The molecular weight excluding hydrogens is 412 g/mol. The van der Waals surface area contributed by atoms with Gasteiger partial charge in [0.2, 0.25) is 5.91 Å². The lowest BCUT2D eigenvalue weighted by atomic mass is 9.96. The normalized spacial score (nSPS) is 14.4. The fourth-order valence-corrected chi connectivity index (χ4v) is 3.91. The molecule has 10 heteroatoms. The standard InChI is InChI=1S/C22H38N6O4/c1-4-5-12-28-19(23)18(20(30)26-22(28)32)27(13-11-15(2)3)14-17(29)25-21(31)24-16-9-7-6-8-10-16/h15-16H,4-14,23H2,1-3H3,(H,26,30,32)(H2,24,25,29,31). The maximum atomic E-state index is 12.6. The highest BCUT2D eigenvalue weighted by atomic mass is 16.2. The molecule has 0 spiro atoms. The number of anilines is 2. The van der Waals surface area contributed by atoms with Crippen LogP contribution in [-0.4, -0.2) is 40.6 Å². The van der Waals surface area contributed by atoms with E-state index in [1.54, 1.807) is 4.90 Å². The van der Waals surface area contributed by atoms with Crippen LogP contribution in [-0.2, 0) is 11.3 Å². The van der Waals surface area contributed by atoms with Crippen LogP contribution in [0.5, 0.6) is 0 Å². The Labute approximate surface area is 188 Å². The first kappa shape index (κ1) is 25.5. The van der Waals surface area contributed by atoms with Gasteiger partial charge in [0.15, 0.2) is 0 Å². The van der Waals surface area contributed by atoms with Crippen molar-refractivity contribution in [2.45, 2.75) is 84.7 Å². The Morgan fingerprint density at radius 3 is 2.53 bits per heavy atom. The second-order valence-corrected chi connectivity index (χ2v) is 8.96. The molecule has 0 bridgehead atoms. The molecule has 0 radical (unpaired) electrons. The molecule has 3 amide bonds. The van der Waals surface area contributed by atoms with Crippen molar-refractivity contribution in [2.75, 3.05) is 23.7 Å². The van der Waals surface area contributed by atoms with Gasteiger partial charge in [-0.05, 0) is 31.6 Å². The molecule has 1 fully saturated rings. The van der Waals surface area contributed by atoms with E-state index in [1.165, 1.54) is 11.0 Å². The Morgan fingerprint density at radius 2 is 1.91 bits per heavy atom. The van der Waals surface area contributed by atoms with E-state index < -0.39 is 23.2 Å². The average molecular weight is 451 g/mol. The number of unbranched alkanes of at least 4 members (excludes halogenated alkanes) is 1. The number of amides is 3. The molecule has 1 aromatic heterocycles. The van der Waals surface area contributed by atoms with Crippen molar-refractivity contribution in [3.05, 3.63) is 20.8 Å². The molecule has 1 aliphatic carbocycles. The van der Waals surface area contributed by atoms with E-state index in [0.29, 0.717) is 25.4 Å². The van der Waals surface area contributed by atoms with Gasteiger partial charge in [-0.1, -0.05) is 46.5 Å². The minimum Gasteiger partial charge on any atom is -0.383 e. The van der Waals surface area contributed by atoms with Gasteiger partial charge in [-0.3, -0.25) is 24.5 Å². The van der Waals surface area contributed by atoms with E-state index in [9.17, 15) is 19.2 Å². The minimum atomic E-state index is -0.636. The van der Waals surface area contributed by atoms with E-state index in [2.05, 4.69) is 15.6 Å². The molecule has 1 aliphatic rings. The summed E-state index contributed by atoms with van der Waals surface area (Å²) in [5, 5.41) is 5.21. The summed E-state index contributed by atoms with van der Waals surface area (Å²) in [5.41, 5.74) is 5.11. The van der Waals surface area contributed by atoms with Crippen LogP contribution in [0.3, 0.4) is 0 Å². The summed E-state index contributed by atoms with van der Waals surface area (Å²) in [6.45, 7) is 6.60. The van der Waals surface area contributed by atoms with Crippen LogP contribution in [0.25, 0.3) is 0 Å². The zero-order chi connectivity index (χ0) is 23.7. The molecule has 0 unspecified atom stereocenters. The van der Waals surface area contributed by atoms with E-state index in [1.807, 2.05) is 20.8 Å². The maximum absolute atomic E-state index is 12.6. The topological polar surface area (TPSA) is 142 Å². The summed E-state index contributed by atoms with van der Waals surface area (Å²) < 4.78 is 1.33. The summed E-state index contributed by atoms with van der Waals surface area (Å²) in [7, 11) is 0. The fraction of sp³-hybridized carbons (Fsp3) is 0.727. The third-order valence-corrected chi connectivity index (χ3v) is 5.77. The third kappa shape index (κ3) is 7.42. The highest BCUT2D eigenvalue weighted by Gasteiger charge is 2.23. The minimum absolute atomic E-state index is 0.0374. The average Bonchev–Trinajstić information content (AvgIpc) is 2.72. The summed E-state index contributed by atoms with van der Waals surface area (Å²) in [5.74, 6) is -0.177. The highest BCUT2D eigenvalue weighted by molar-refractivity contribution is 5.96. The number of carbonyl (C=O) groups is 2. The molecule has 10 nitrogen and oxygen atoms in total. The van der Waals surface area contributed by atoms with Gasteiger partial charge in [-0.2, -0.15) is 0 Å². The monoisotopic (exact) mass is 450 g/mol. The molecular formula is C22H38N6O4. The number of hydrogen-bond donors (Lipinski definition) is 4. The smallest absolute Gasteiger partial charge is 0.330 e. The number of imide groups is 1. The lowest BCUT2D eigenvalue weighted by Crippen LogP contribution is -2.49. The molecule has 2 rings (SSSR count). The molecule has 32 heavy (non-hydrogen) atoms. The molecule has 1 heterocycles. The van der Waals surface area contributed by atoms with Crippen LogP contribution in [0, 0.1) is 5.92 Å². The van der Waals surface area contributed by atoms with E-state index in [0.717, 1.165) is 38.5 Å². The summed E-state index contributed by atoms with van der Waals surface area (Å²) in [6.07, 6.45) is 7.41. The number of aromatic nitrogens is 2. The number of nitrogen functional groups attached to an aromatic ring is 1. The first-order chi connectivity index (χ1) is 15.2. The zero-order valence-electron chi connectivity index (χ0n) is 19.5. The lowest BCUT2D eigenvalue weighted by Gasteiger charge is -2.27. The Balaban J connectivity index is 2.18. The summed E-state index contributed by atoms with van der Waals surface area (Å²) in [6, 6.07) is -0.449. The van der Waals surface area contributed by atoms with Gasteiger partial charge < -0.3 is 16.0 Å². The SMILES string of the molecule is CCCCn1c(N)c(N(CCC(C)C)CC(=O)NC(=O)NC2CCCCC2)c(=O)[nH]c1=O. The number of nitrogens with zero attached hydrogens (tertiary/aromatic N) is 2. The van der Waals surface area contributed by atoms with Gasteiger partial charge >= 0.3 is 11.7 Å². The number of H-pyrrole nitrogens is 1.